The minimum atomic E-state index is -0.955. The molecule has 0 saturated carbocycles. The Balaban J connectivity index is 2.63. The highest BCUT2D eigenvalue weighted by Gasteiger charge is 2.34. The molecule has 0 spiro atoms. The van der Waals surface area contributed by atoms with E-state index in [4.69, 9.17) is 9.47 Å². The number of piperidine rings is 1. The Morgan fingerprint density at radius 2 is 1.59 bits per heavy atom. The van der Waals surface area contributed by atoms with E-state index in [1.807, 2.05) is 0 Å². The number of hydrogen-bond acceptors (Lipinski definition) is 4. The molecule has 22 heavy (non-hydrogen) atoms. The predicted molar refractivity (Wildman–Crippen MR) is 83.1 cm³/mol. The highest BCUT2D eigenvalue weighted by atomic mass is 16.6. The maximum atomic E-state index is 12.0. The third-order valence-corrected chi connectivity index (χ3v) is 3.81. The lowest BCUT2D eigenvalue weighted by Gasteiger charge is -2.21. The highest BCUT2D eigenvalue weighted by molar-refractivity contribution is 5.95. The number of nitrogens with one attached hydrogen (secondary N) is 1. The van der Waals surface area contributed by atoms with Crippen LogP contribution in [0.4, 0.5) is 0 Å². The molecule has 124 valence electrons. The summed E-state index contributed by atoms with van der Waals surface area (Å²) in [5.74, 6) is 3.71. The third kappa shape index (κ3) is 6.07. The summed E-state index contributed by atoms with van der Waals surface area (Å²) in [5, 5.41) is 0. The predicted octanol–water partition coefficient (Wildman–Crippen LogP) is 0.437. The third-order valence-electron chi connectivity index (χ3n) is 3.81. The summed E-state index contributed by atoms with van der Waals surface area (Å²) in [6.07, 6.45) is 3.81. The molecule has 1 atom stereocenters. The zero-order valence-corrected chi connectivity index (χ0v) is 13.9. The molecule has 0 aromatic carbocycles. The fraction of sp³-hybridized carbons (Fsp3) is 0.765. The fourth-order valence-electron chi connectivity index (χ4n) is 2.62. The second kappa shape index (κ2) is 10.2. The van der Waals surface area contributed by atoms with Gasteiger partial charge in [-0.2, -0.15) is 0 Å². The standard InChI is InChI=1S/C17H27NO4/c1-4-21-16(19)15(17(20)22-5-2)14(3)10-9-13-18-11-7-6-8-12-18/h14-15H,4-8,11-13H2,1-3H3/p+1/t14-/m1/s1. The van der Waals surface area contributed by atoms with E-state index in [0.29, 0.717) is 0 Å². The van der Waals surface area contributed by atoms with Crippen molar-refractivity contribution in [2.75, 3.05) is 32.8 Å². The van der Waals surface area contributed by atoms with Crippen LogP contribution >= 0.6 is 0 Å². The molecule has 1 saturated heterocycles. The number of hydrogen-bond donors (Lipinski definition) is 1. The van der Waals surface area contributed by atoms with Crippen molar-refractivity contribution in [3.8, 4) is 11.8 Å². The monoisotopic (exact) mass is 310 g/mol. The SMILES string of the molecule is CCOC(=O)C(C(=O)OCC)[C@H](C)C#CC[NH+]1CCCCC1. The van der Waals surface area contributed by atoms with Gasteiger partial charge in [0.2, 0.25) is 0 Å². The topological polar surface area (TPSA) is 57.0 Å². The largest absolute Gasteiger partial charge is 0.465 e. The smallest absolute Gasteiger partial charge is 0.321 e. The average molecular weight is 310 g/mol. The van der Waals surface area contributed by atoms with Crippen LogP contribution in [0.15, 0.2) is 0 Å². The summed E-state index contributed by atoms with van der Waals surface area (Å²) in [6, 6.07) is 0. The summed E-state index contributed by atoms with van der Waals surface area (Å²) in [4.78, 5) is 25.4. The first-order valence-corrected chi connectivity index (χ1v) is 8.25. The summed E-state index contributed by atoms with van der Waals surface area (Å²) in [6.45, 7) is 8.77. The van der Waals surface area contributed by atoms with Crippen LogP contribution in [0.3, 0.4) is 0 Å². The van der Waals surface area contributed by atoms with Gasteiger partial charge in [-0.25, -0.2) is 0 Å². The van der Waals surface area contributed by atoms with Crippen molar-refractivity contribution < 1.29 is 24.0 Å². The molecule has 0 aromatic rings. The lowest BCUT2D eigenvalue weighted by atomic mass is 9.94. The quantitative estimate of drug-likeness (QED) is 0.439. The molecule has 0 aliphatic carbocycles. The number of likely N-dealkylation sites (tertiary alicyclic amines) is 1. The summed E-state index contributed by atoms with van der Waals surface area (Å²) < 4.78 is 9.95. The molecule has 0 aromatic heterocycles. The van der Waals surface area contributed by atoms with E-state index in [-0.39, 0.29) is 13.2 Å². The number of quaternary nitrogens is 1. The van der Waals surface area contributed by atoms with Gasteiger partial charge in [0.05, 0.1) is 26.3 Å². The van der Waals surface area contributed by atoms with Crippen molar-refractivity contribution in [2.45, 2.75) is 40.0 Å². The molecule has 0 radical (unpaired) electrons. The molecule has 1 fully saturated rings. The highest BCUT2D eigenvalue weighted by Crippen LogP contribution is 2.15. The summed E-state index contributed by atoms with van der Waals surface area (Å²) in [7, 11) is 0. The maximum Gasteiger partial charge on any atom is 0.321 e. The number of esters is 2. The second-order valence-electron chi connectivity index (χ2n) is 5.58. The van der Waals surface area contributed by atoms with Gasteiger partial charge in [-0.05, 0) is 46.0 Å². The van der Waals surface area contributed by atoms with Crippen molar-refractivity contribution in [1.29, 1.82) is 0 Å². The van der Waals surface area contributed by atoms with Crippen LogP contribution in [0.5, 0.6) is 0 Å². The minimum Gasteiger partial charge on any atom is -0.465 e. The lowest BCUT2D eigenvalue weighted by molar-refractivity contribution is -0.897. The number of ether oxygens (including phenoxy) is 2. The van der Waals surface area contributed by atoms with Crippen LogP contribution in [-0.4, -0.2) is 44.8 Å². The van der Waals surface area contributed by atoms with Gasteiger partial charge >= 0.3 is 11.9 Å². The van der Waals surface area contributed by atoms with Gasteiger partial charge in [0.25, 0.3) is 0 Å². The Morgan fingerprint density at radius 3 is 2.09 bits per heavy atom. The Bertz CT molecular complexity index is 400. The van der Waals surface area contributed by atoms with Crippen molar-refractivity contribution in [1.82, 2.24) is 0 Å². The Morgan fingerprint density at radius 1 is 1.05 bits per heavy atom. The molecule has 0 amide bonds. The first-order chi connectivity index (χ1) is 10.6. The fourth-order valence-corrected chi connectivity index (χ4v) is 2.62. The van der Waals surface area contributed by atoms with Gasteiger partial charge in [0.1, 0.15) is 6.54 Å². The molecule has 5 nitrogen and oxygen atoms in total. The maximum absolute atomic E-state index is 12.0. The van der Waals surface area contributed by atoms with Crippen molar-refractivity contribution in [3.05, 3.63) is 0 Å². The zero-order chi connectivity index (χ0) is 16.4. The molecule has 1 aliphatic heterocycles. The van der Waals surface area contributed by atoms with E-state index in [1.165, 1.54) is 24.2 Å². The van der Waals surface area contributed by atoms with Crippen molar-refractivity contribution in [2.24, 2.45) is 11.8 Å². The minimum absolute atomic E-state index is 0.243. The van der Waals surface area contributed by atoms with E-state index >= 15 is 0 Å². The van der Waals surface area contributed by atoms with Crippen LogP contribution in [0.1, 0.15) is 40.0 Å². The van der Waals surface area contributed by atoms with Crippen LogP contribution in [0.2, 0.25) is 0 Å². The van der Waals surface area contributed by atoms with Crippen LogP contribution in [-0.2, 0) is 19.1 Å². The Hall–Kier alpha value is -1.54. The molecule has 1 heterocycles. The molecule has 1 N–H and O–H groups in total. The van der Waals surface area contributed by atoms with E-state index in [9.17, 15) is 9.59 Å². The average Bonchev–Trinajstić information content (AvgIpc) is 2.49. The summed E-state index contributed by atoms with van der Waals surface area (Å²) >= 11 is 0. The molecule has 1 aliphatic rings. The van der Waals surface area contributed by atoms with Gasteiger partial charge < -0.3 is 14.4 Å². The lowest BCUT2D eigenvalue weighted by Crippen LogP contribution is -3.12. The molecule has 5 heteroatoms. The molecular weight excluding hydrogens is 282 g/mol. The van der Waals surface area contributed by atoms with Crippen LogP contribution in [0, 0.1) is 23.7 Å². The first kappa shape index (κ1) is 18.5. The molecule has 0 bridgehead atoms. The van der Waals surface area contributed by atoms with Gasteiger partial charge in [0, 0.05) is 5.92 Å². The van der Waals surface area contributed by atoms with Crippen LogP contribution < -0.4 is 4.90 Å². The van der Waals surface area contributed by atoms with Gasteiger partial charge in [-0.15, -0.1) is 0 Å². The summed E-state index contributed by atoms with van der Waals surface area (Å²) in [5.41, 5.74) is 0. The Labute approximate surface area is 133 Å². The number of carbonyl (C=O) groups excluding carboxylic acids is 2. The Kier molecular flexibility index (Phi) is 8.61. The van der Waals surface area contributed by atoms with E-state index < -0.39 is 23.8 Å². The van der Waals surface area contributed by atoms with Crippen molar-refractivity contribution in [3.63, 3.8) is 0 Å². The van der Waals surface area contributed by atoms with E-state index in [0.717, 1.165) is 19.6 Å². The first-order valence-electron chi connectivity index (χ1n) is 8.25. The van der Waals surface area contributed by atoms with Crippen LogP contribution in [0.25, 0.3) is 0 Å². The second-order valence-corrected chi connectivity index (χ2v) is 5.58. The number of rotatable bonds is 6. The van der Waals surface area contributed by atoms with Gasteiger partial charge in [-0.1, -0.05) is 5.92 Å². The molecular formula is C17H28NO4+. The van der Waals surface area contributed by atoms with Gasteiger partial charge in [0.15, 0.2) is 5.92 Å². The van der Waals surface area contributed by atoms with E-state index in [2.05, 4.69) is 11.8 Å². The number of carbonyl (C=O) groups is 2. The molecule has 1 rings (SSSR count). The van der Waals surface area contributed by atoms with E-state index in [1.54, 1.807) is 20.8 Å². The normalized spacial score (nSPS) is 16.5. The van der Waals surface area contributed by atoms with Crippen molar-refractivity contribution >= 4 is 11.9 Å². The zero-order valence-electron chi connectivity index (χ0n) is 13.9. The van der Waals surface area contributed by atoms with Gasteiger partial charge in [-0.3, -0.25) is 9.59 Å². The molecule has 0 unspecified atom stereocenters.